The molecule has 0 aliphatic carbocycles. The van der Waals surface area contributed by atoms with Crippen molar-refractivity contribution in [1.82, 2.24) is 10.3 Å². The fourth-order valence-corrected chi connectivity index (χ4v) is 2.22. The van der Waals surface area contributed by atoms with E-state index in [0.29, 0.717) is 24.1 Å². The largest absolute Gasteiger partial charge is 0.395 e. The zero-order valence-corrected chi connectivity index (χ0v) is 12.0. The lowest BCUT2D eigenvalue weighted by atomic mass is 10.1. The number of carbonyl (C=O) groups is 1. The van der Waals surface area contributed by atoms with E-state index in [1.807, 2.05) is 0 Å². The van der Waals surface area contributed by atoms with Crippen LogP contribution in [0.3, 0.4) is 0 Å². The average molecular weight is 288 g/mol. The van der Waals surface area contributed by atoms with Gasteiger partial charge in [-0.3, -0.25) is 9.78 Å². The van der Waals surface area contributed by atoms with E-state index in [4.69, 9.17) is 9.84 Å². The fraction of sp³-hybridized carbons (Fsp3) is 0.500. The minimum absolute atomic E-state index is 0.0101. The van der Waals surface area contributed by atoms with Crippen LogP contribution in [0.1, 0.15) is 41.6 Å². The monoisotopic (exact) mass is 288 g/mol. The molecule has 2 rings (SSSR count). The van der Waals surface area contributed by atoms with Crippen molar-refractivity contribution < 1.29 is 14.6 Å². The number of aliphatic hydroxyl groups is 1. The van der Waals surface area contributed by atoms with Crippen LogP contribution < -0.4 is 5.32 Å². The summed E-state index contributed by atoms with van der Waals surface area (Å²) in [6, 6.07) is 1.66. The highest BCUT2D eigenvalue weighted by Crippen LogP contribution is 2.14. The molecule has 112 valence electrons. The van der Waals surface area contributed by atoms with Crippen molar-refractivity contribution in [3.63, 3.8) is 0 Å². The van der Waals surface area contributed by atoms with E-state index in [0.717, 1.165) is 25.9 Å². The minimum Gasteiger partial charge on any atom is -0.395 e. The topological polar surface area (TPSA) is 71.5 Å². The van der Waals surface area contributed by atoms with E-state index in [1.54, 1.807) is 18.5 Å². The molecule has 1 aromatic rings. The van der Waals surface area contributed by atoms with Crippen molar-refractivity contribution in [3.8, 4) is 11.8 Å². The van der Waals surface area contributed by atoms with Gasteiger partial charge in [0.25, 0.3) is 5.91 Å². The van der Waals surface area contributed by atoms with E-state index < -0.39 is 0 Å². The Bertz CT molecular complexity index is 528. The van der Waals surface area contributed by atoms with Crippen LogP contribution in [0.2, 0.25) is 0 Å². The van der Waals surface area contributed by atoms with Gasteiger partial charge in [0.1, 0.15) is 0 Å². The summed E-state index contributed by atoms with van der Waals surface area (Å²) in [4.78, 5) is 16.2. The van der Waals surface area contributed by atoms with Gasteiger partial charge < -0.3 is 15.2 Å². The minimum atomic E-state index is -0.149. The molecule has 21 heavy (non-hydrogen) atoms. The summed E-state index contributed by atoms with van der Waals surface area (Å²) in [5, 5.41) is 11.6. The third-order valence-electron chi connectivity index (χ3n) is 3.30. The molecule has 2 heterocycles. The Morgan fingerprint density at radius 3 is 3.24 bits per heavy atom. The second-order valence-electron chi connectivity index (χ2n) is 4.88. The first kappa shape index (κ1) is 15.5. The number of nitrogens with zero attached hydrogens (tertiary/aromatic N) is 1. The van der Waals surface area contributed by atoms with E-state index >= 15 is 0 Å². The maximum atomic E-state index is 12.2. The summed E-state index contributed by atoms with van der Waals surface area (Å²) in [6.07, 6.45) is 6.81. The lowest BCUT2D eigenvalue weighted by Gasteiger charge is -2.10. The van der Waals surface area contributed by atoms with Crippen molar-refractivity contribution in [3.05, 3.63) is 29.6 Å². The van der Waals surface area contributed by atoms with E-state index in [2.05, 4.69) is 22.1 Å². The second kappa shape index (κ2) is 8.40. The fourth-order valence-electron chi connectivity index (χ4n) is 2.22. The van der Waals surface area contributed by atoms with Gasteiger partial charge in [0.05, 0.1) is 23.8 Å². The van der Waals surface area contributed by atoms with Crippen LogP contribution >= 0.6 is 0 Å². The molecule has 0 saturated carbocycles. The molecule has 1 fully saturated rings. The number of carbonyl (C=O) groups excluding carboxylic acids is 1. The Morgan fingerprint density at radius 1 is 1.57 bits per heavy atom. The maximum absolute atomic E-state index is 12.2. The van der Waals surface area contributed by atoms with Crippen LogP contribution in [-0.4, -0.2) is 41.9 Å². The predicted molar refractivity (Wildman–Crippen MR) is 78.7 cm³/mol. The molecule has 5 heteroatoms. The summed E-state index contributed by atoms with van der Waals surface area (Å²) in [5.41, 5.74) is 1.10. The Morgan fingerprint density at radius 2 is 2.48 bits per heavy atom. The molecule has 5 nitrogen and oxygen atoms in total. The van der Waals surface area contributed by atoms with Crippen molar-refractivity contribution in [2.75, 3.05) is 19.8 Å². The molecule has 2 N–H and O–H groups in total. The lowest BCUT2D eigenvalue weighted by molar-refractivity contribution is 0.0907. The second-order valence-corrected chi connectivity index (χ2v) is 4.88. The number of amides is 1. The molecular formula is C16H20N2O3. The van der Waals surface area contributed by atoms with Gasteiger partial charge in [0.2, 0.25) is 0 Å². The molecule has 1 aliphatic heterocycles. The van der Waals surface area contributed by atoms with Crippen molar-refractivity contribution >= 4 is 5.91 Å². The molecule has 1 saturated heterocycles. The molecule has 1 aromatic heterocycles. The highest BCUT2D eigenvalue weighted by Gasteiger charge is 2.16. The normalized spacial score (nSPS) is 17.1. The van der Waals surface area contributed by atoms with Crippen LogP contribution in [0.4, 0.5) is 0 Å². The Labute approximate surface area is 124 Å². The number of hydrogen-bond donors (Lipinski definition) is 2. The quantitative estimate of drug-likeness (QED) is 0.796. The smallest absolute Gasteiger partial charge is 0.252 e. The summed E-state index contributed by atoms with van der Waals surface area (Å²) in [6.45, 7) is 1.43. The predicted octanol–water partition coefficient (Wildman–Crippen LogP) is 1.11. The van der Waals surface area contributed by atoms with Gasteiger partial charge in [-0.2, -0.15) is 0 Å². The van der Waals surface area contributed by atoms with Crippen molar-refractivity contribution in [1.29, 1.82) is 0 Å². The highest BCUT2D eigenvalue weighted by atomic mass is 16.5. The SMILES string of the molecule is O=C(NCCC1CCCO1)c1ccncc1C#CCCO. The van der Waals surface area contributed by atoms with Gasteiger partial charge in [-0.1, -0.05) is 11.8 Å². The van der Waals surface area contributed by atoms with Gasteiger partial charge in [-0.25, -0.2) is 0 Å². The Kier molecular flexibility index (Phi) is 6.20. The Balaban J connectivity index is 1.90. The molecule has 0 spiro atoms. The molecule has 1 amide bonds. The van der Waals surface area contributed by atoms with Crippen molar-refractivity contribution in [2.45, 2.75) is 31.8 Å². The first-order chi connectivity index (χ1) is 10.3. The number of aliphatic hydroxyl groups excluding tert-OH is 1. The molecule has 1 atom stereocenters. The number of hydrogen-bond acceptors (Lipinski definition) is 4. The van der Waals surface area contributed by atoms with Crippen LogP contribution in [0.15, 0.2) is 18.5 Å². The van der Waals surface area contributed by atoms with Gasteiger partial charge in [0.15, 0.2) is 0 Å². The maximum Gasteiger partial charge on any atom is 0.252 e. The third-order valence-corrected chi connectivity index (χ3v) is 3.30. The van der Waals surface area contributed by atoms with Gasteiger partial charge in [-0.15, -0.1) is 0 Å². The third kappa shape index (κ3) is 4.85. The number of nitrogens with one attached hydrogen (secondary N) is 1. The standard InChI is InChI=1S/C16H20N2O3/c19-10-2-1-4-13-12-17-8-7-15(13)16(20)18-9-6-14-5-3-11-21-14/h7-8,12,14,19H,2-3,5-6,9-11H2,(H,18,20). The molecule has 0 aromatic carbocycles. The summed E-state index contributed by atoms with van der Waals surface area (Å²) < 4.78 is 5.52. The number of aromatic nitrogens is 1. The first-order valence-electron chi connectivity index (χ1n) is 7.25. The molecule has 0 bridgehead atoms. The summed E-state index contributed by atoms with van der Waals surface area (Å²) in [7, 11) is 0. The average Bonchev–Trinajstić information content (AvgIpc) is 3.01. The summed E-state index contributed by atoms with van der Waals surface area (Å²) >= 11 is 0. The van der Waals surface area contributed by atoms with E-state index in [9.17, 15) is 4.79 Å². The molecule has 0 radical (unpaired) electrons. The zero-order valence-electron chi connectivity index (χ0n) is 12.0. The number of rotatable bonds is 5. The van der Waals surface area contributed by atoms with Crippen LogP contribution in [0, 0.1) is 11.8 Å². The number of ether oxygens (including phenoxy) is 1. The van der Waals surface area contributed by atoms with Crippen LogP contribution in [-0.2, 0) is 4.74 Å². The van der Waals surface area contributed by atoms with Gasteiger partial charge >= 0.3 is 0 Å². The molecule has 1 unspecified atom stereocenters. The van der Waals surface area contributed by atoms with E-state index in [-0.39, 0.29) is 18.6 Å². The van der Waals surface area contributed by atoms with Crippen LogP contribution in [0.25, 0.3) is 0 Å². The molecule has 1 aliphatic rings. The first-order valence-corrected chi connectivity index (χ1v) is 7.25. The molecular weight excluding hydrogens is 268 g/mol. The van der Waals surface area contributed by atoms with Gasteiger partial charge in [0, 0.05) is 32.0 Å². The number of pyridine rings is 1. The van der Waals surface area contributed by atoms with Crippen LogP contribution in [0.5, 0.6) is 0 Å². The summed E-state index contributed by atoms with van der Waals surface area (Å²) in [5.74, 6) is 5.53. The van der Waals surface area contributed by atoms with E-state index in [1.165, 1.54) is 0 Å². The van der Waals surface area contributed by atoms with Gasteiger partial charge in [-0.05, 0) is 25.3 Å². The van der Waals surface area contributed by atoms with Crippen molar-refractivity contribution in [2.24, 2.45) is 0 Å². The lowest BCUT2D eigenvalue weighted by Crippen LogP contribution is -2.27. The Hall–Kier alpha value is -1.90. The highest BCUT2D eigenvalue weighted by molar-refractivity contribution is 5.96. The zero-order chi connectivity index (χ0) is 14.9.